The van der Waals surface area contributed by atoms with Gasteiger partial charge in [-0.15, -0.1) is 4.67 Å². The van der Waals surface area contributed by atoms with Crippen LogP contribution >= 0.6 is 7.60 Å². The average Bonchev–Trinajstić information content (AvgIpc) is 2.63. The van der Waals surface area contributed by atoms with Crippen molar-refractivity contribution in [3.8, 4) is 0 Å². The number of pyridine rings is 1. The van der Waals surface area contributed by atoms with Crippen LogP contribution in [0, 0.1) is 0 Å². The number of aromatic nitrogens is 2. The van der Waals surface area contributed by atoms with Gasteiger partial charge in [0.15, 0.2) is 0 Å². The van der Waals surface area contributed by atoms with E-state index in [4.69, 9.17) is 0 Å². The van der Waals surface area contributed by atoms with E-state index in [1.54, 1.807) is 35.1 Å². The highest BCUT2D eigenvalue weighted by atomic mass is 31.2. The molecule has 86 valence electrons. The fourth-order valence-corrected chi connectivity index (χ4v) is 2.37. The third-order valence-corrected chi connectivity index (χ3v) is 3.17. The summed E-state index contributed by atoms with van der Waals surface area (Å²) >= 11 is 0. The summed E-state index contributed by atoms with van der Waals surface area (Å²) in [5.41, 5.74) is 1.46. The van der Waals surface area contributed by atoms with E-state index in [2.05, 4.69) is 14.5 Å². The second-order valence-electron chi connectivity index (χ2n) is 3.27. The van der Waals surface area contributed by atoms with Gasteiger partial charge in [-0.05, 0) is 11.6 Å². The summed E-state index contributed by atoms with van der Waals surface area (Å²) in [4.78, 5) is 17.7. The number of imidazole rings is 1. The molecule has 0 aliphatic carbocycles. The van der Waals surface area contributed by atoms with Crippen LogP contribution in [-0.2, 0) is 20.3 Å². The third kappa shape index (κ3) is 2.48. The van der Waals surface area contributed by atoms with Crippen molar-refractivity contribution in [3.63, 3.8) is 0 Å². The Morgan fingerprint density at radius 1 is 1.56 bits per heavy atom. The highest BCUT2D eigenvalue weighted by Gasteiger charge is 2.21. The zero-order valence-electron chi connectivity index (χ0n) is 8.61. The molecule has 0 spiro atoms. The van der Waals surface area contributed by atoms with Crippen LogP contribution in [0.15, 0.2) is 30.7 Å². The first-order valence-corrected chi connectivity index (χ1v) is 6.33. The molecular formula is C9H11N2O4P. The molecule has 1 N–H and O–H groups in total. The summed E-state index contributed by atoms with van der Waals surface area (Å²) in [5.74, 6) is 0. The molecule has 0 saturated carbocycles. The molecule has 0 saturated heterocycles. The largest absolute Gasteiger partial charge is 0.359 e. The van der Waals surface area contributed by atoms with Crippen LogP contribution in [0.5, 0.6) is 0 Å². The van der Waals surface area contributed by atoms with E-state index in [0.29, 0.717) is 5.56 Å². The van der Waals surface area contributed by atoms with Gasteiger partial charge in [-0.1, -0.05) is 6.07 Å². The van der Waals surface area contributed by atoms with Crippen molar-refractivity contribution >= 4 is 13.2 Å². The van der Waals surface area contributed by atoms with Crippen molar-refractivity contribution in [1.82, 2.24) is 9.38 Å². The van der Waals surface area contributed by atoms with Gasteiger partial charge < -0.3 is 9.29 Å². The molecule has 2 rings (SSSR count). The highest BCUT2D eigenvalue weighted by molar-refractivity contribution is 7.51. The van der Waals surface area contributed by atoms with Gasteiger partial charge in [0, 0.05) is 18.6 Å². The zero-order valence-corrected chi connectivity index (χ0v) is 9.50. The first-order chi connectivity index (χ1) is 7.61. The number of hydrogen-bond acceptors (Lipinski definition) is 4. The maximum atomic E-state index is 11.4. The van der Waals surface area contributed by atoms with Gasteiger partial charge in [-0.2, -0.15) is 0 Å². The van der Waals surface area contributed by atoms with Gasteiger partial charge in [-0.25, -0.2) is 9.87 Å². The van der Waals surface area contributed by atoms with Crippen LogP contribution in [0.1, 0.15) is 5.56 Å². The molecule has 0 aliphatic rings. The molecule has 6 nitrogen and oxygen atoms in total. The summed E-state index contributed by atoms with van der Waals surface area (Å²) in [7, 11) is -2.53. The SMILES string of the molecule is COOP(=O)(O)Cc1ccc2nccn2c1. The van der Waals surface area contributed by atoms with Gasteiger partial charge >= 0.3 is 7.60 Å². The molecule has 0 aromatic carbocycles. The topological polar surface area (TPSA) is 73.1 Å². The van der Waals surface area contributed by atoms with Crippen LogP contribution in [-0.4, -0.2) is 21.4 Å². The Hall–Kier alpha value is -1.20. The Balaban J connectivity index is 2.24. The summed E-state index contributed by atoms with van der Waals surface area (Å²) in [5, 5.41) is 0. The number of rotatable bonds is 4. The monoisotopic (exact) mass is 242 g/mol. The van der Waals surface area contributed by atoms with Crippen molar-refractivity contribution in [2.45, 2.75) is 6.16 Å². The van der Waals surface area contributed by atoms with Crippen LogP contribution in [0.25, 0.3) is 5.65 Å². The molecule has 2 aromatic rings. The van der Waals surface area contributed by atoms with Crippen LogP contribution in [0.4, 0.5) is 0 Å². The van der Waals surface area contributed by atoms with Crippen LogP contribution in [0.3, 0.4) is 0 Å². The minimum Gasteiger partial charge on any atom is -0.323 e. The van der Waals surface area contributed by atoms with Crippen molar-refractivity contribution in [2.24, 2.45) is 0 Å². The zero-order chi connectivity index (χ0) is 11.6. The fraction of sp³-hybridized carbons (Fsp3) is 0.222. The minimum atomic E-state index is -3.73. The van der Waals surface area contributed by atoms with Gasteiger partial charge in [0.1, 0.15) is 5.65 Å². The van der Waals surface area contributed by atoms with Crippen molar-refractivity contribution in [3.05, 3.63) is 36.3 Å². The summed E-state index contributed by atoms with van der Waals surface area (Å²) in [6, 6.07) is 3.49. The Kier molecular flexibility index (Phi) is 3.07. The Morgan fingerprint density at radius 3 is 3.12 bits per heavy atom. The van der Waals surface area contributed by atoms with E-state index in [1.165, 1.54) is 7.11 Å². The summed E-state index contributed by atoms with van der Waals surface area (Å²) in [6.45, 7) is 0. The first kappa shape index (κ1) is 11.3. The maximum Gasteiger partial charge on any atom is 0.359 e. The molecular weight excluding hydrogens is 231 g/mol. The predicted octanol–water partition coefficient (Wildman–Crippen LogP) is 1.60. The number of fused-ring (bicyclic) bond motifs is 1. The Labute approximate surface area is 91.9 Å². The van der Waals surface area contributed by atoms with Crippen molar-refractivity contribution < 1.29 is 19.0 Å². The summed E-state index contributed by atoms with van der Waals surface area (Å²) < 4.78 is 17.5. The summed E-state index contributed by atoms with van der Waals surface area (Å²) in [6.07, 6.45) is 5.04. The lowest BCUT2D eigenvalue weighted by Crippen LogP contribution is -1.95. The maximum absolute atomic E-state index is 11.4. The molecule has 2 aromatic heterocycles. The van der Waals surface area contributed by atoms with E-state index < -0.39 is 7.60 Å². The van der Waals surface area contributed by atoms with E-state index in [9.17, 15) is 9.46 Å². The minimum absolute atomic E-state index is 0.102. The Bertz CT molecular complexity index is 539. The quantitative estimate of drug-likeness (QED) is 0.500. The lowest BCUT2D eigenvalue weighted by atomic mass is 10.3. The predicted molar refractivity (Wildman–Crippen MR) is 56.8 cm³/mol. The van der Waals surface area contributed by atoms with E-state index in [1.807, 2.05) is 0 Å². The molecule has 2 heterocycles. The van der Waals surface area contributed by atoms with Gasteiger partial charge in [-0.3, -0.25) is 4.57 Å². The molecule has 0 amide bonds. The van der Waals surface area contributed by atoms with E-state index in [-0.39, 0.29) is 6.16 Å². The van der Waals surface area contributed by atoms with Crippen molar-refractivity contribution in [2.75, 3.05) is 7.11 Å². The number of hydrogen-bond donors (Lipinski definition) is 1. The van der Waals surface area contributed by atoms with Crippen LogP contribution in [0.2, 0.25) is 0 Å². The standard InChI is InChI=1S/C9H11N2O4P/c1-14-15-16(12,13)7-8-2-3-9-10-4-5-11(9)6-8/h2-6H,7H2,1H3,(H,12,13). The Morgan fingerprint density at radius 2 is 2.38 bits per heavy atom. The van der Waals surface area contributed by atoms with E-state index in [0.717, 1.165) is 5.65 Å². The normalized spacial score (nSPS) is 15.1. The fourth-order valence-electron chi connectivity index (χ4n) is 1.43. The first-order valence-electron chi connectivity index (χ1n) is 4.56. The molecule has 1 atom stereocenters. The van der Waals surface area contributed by atoms with E-state index >= 15 is 0 Å². The molecule has 16 heavy (non-hydrogen) atoms. The third-order valence-electron chi connectivity index (χ3n) is 2.02. The van der Waals surface area contributed by atoms with Gasteiger partial charge in [0.25, 0.3) is 0 Å². The molecule has 7 heteroatoms. The molecule has 0 fully saturated rings. The molecule has 0 radical (unpaired) electrons. The molecule has 0 aliphatic heterocycles. The second kappa shape index (κ2) is 4.35. The van der Waals surface area contributed by atoms with Gasteiger partial charge in [0.2, 0.25) is 0 Å². The lowest BCUT2D eigenvalue weighted by molar-refractivity contribution is -0.185. The average molecular weight is 242 g/mol. The second-order valence-corrected chi connectivity index (χ2v) is 5.01. The molecule has 0 bridgehead atoms. The van der Waals surface area contributed by atoms with Crippen LogP contribution < -0.4 is 0 Å². The van der Waals surface area contributed by atoms with Gasteiger partial charge in [0.05, 0.1) is 13.3 Å². The smallest absolute Gasteiger partial charge is 0.323 e. The molecule has 1 unspecified atom stereocenters. The van der Waals surface area contributed by atoms with Crippen molar-refractivity contribution in [1.29, 1.82) is 0 Å². The lowest BCUT2D eigenvalue weighted by Gasteiger charge is -2.09. The number of nitrogens with zero attached hydrogens (tertiary/aromatic N) is 2. The highest BCUT2D eigenvalue weighted by Crippen LogP contribution is 2.45.